The second-order valence-corrected chi connectivity index (χ2v) is 6.44. The molecule has 0 aliphatic carbocycles. The summed E-state index contributed by atoms with van der Waals surface area (Å²) in [6.07, 6.45) is 4.25. The topological polar surface area (TPSA) is 54.5 Å². The molecule has 1 aromatic heterocycles. The van der Waals surface area contributed by atoms with E-state index in [1.165, 1.54) is 11.3 Å². The zero-order valence-electron chi connectivity index (χ0n) is 13.7. The summed E-state index contributed by atoms with van der Waals surface area (Å²) in [5, 5.41) is 2.84. The van der Waals surface area contributed by atoms with Crippen molar-refractivity contribution in [2.75, 3.05) is 16.8 Å². The summed E-state index contributed by atoms with van der Waals surface area (Å²) in [6, 6.07) is 12.7. The van der Waals surface area contributed by atoms with Crippen LogP contribution in [0.3, 0.4) is 0 Å². The fourth-order valence-electron chi connectivity index (χ4n) is 3.55. The molecule has 24 heavy (non-hydrogen) atoms. The second-order valence-electron chi connectivity index (χ2n) is 6.44. The SMILES string of the molecule is CC1Cc2ccccc2N1c1ccc(NC(=O)C2CCCO2)nc1. The number of fused-ring (bicyclic) bond motifs is 1. The maximum Gasteiger partial charge on any atom is 0.254 e. The Kier molecular flexibility index (Phi) is 3.94. The predicted molar refractivity (Wildman–Crippen MR) is 93.6 cm³/mol. The average Bonchev–Trinajstić information content (AvgIpc) is 3.23. The number of carbonyl (C=O) groups excluding carboxylic acids is 1. The lowest BCUT2D eigenvalue weighted by molar-refractivity contribution is -0.124. The molecule has 1 fully saturated rings. The van der Waals surface area contributed by atoms with Gasteiger partial charge in [-0.05, 0) is 49.9 Å². The maximum absolute atomic E-state index is 12.1. The normalized spacial score (nSPS) is 22.5. The third-order valence-corrected chi connectivity index (χ3v) is 4.71. The van der Waals surface area contributed by atoms with Gasteiger partial charge < -0.3 is 15.0 Å². The van der Waals surface area contributed by atoms with Crippen LogP contribution in [0.1, 0.15) is 25.3 Å². The Morgan fingerprint density at radius 3 is 2.92 bits per heavy atom. The van der Waals surface area contributed by atoms with E-state index in [0.717, 1.165) is 24.9 Å². The van der Waals surface area contributed by atoms with Crippen molar-refractivity contribution in [3.05, 3.63) is 48.2 Å². The Bertz CT molecular complexity index is 739. The van der Waals surface area contributed by atoms with Crippen LogP contribution in [-0.4, -0.2) is 29.6 Å². The minimum absolute atomic E-state index is 0.104. The number of anilines is 3. The molecular weight excluding hydrogens is 302 g/mol. The lowest BCUT2D eigenvalue weighted by atomic mass is 10.1. The minimum Gasteiger partial charge on any atom is -0.368 e. The van der Waals surface area contributed by atoms with Crippen LogP contribution < -0.4 is 10.2 Å². The monoisotopic (exact) mass is 323 g/mol. The van der Waals surface area contributed by atoms with E-state index in [2.05, 4.69) is 46.4 Å². The highest BCUT2D eigenvalue weighted by molar-refractivity contribution is 5.93. The fourth-order valence-corrected chi connectivity index (χ4v) is 3.55. The van der Waals surface area contributed by atoms with Crippen molar-refractivity contribution in [1.82, 2.24) is 4.98 Å². The number of pyridine rings is 1. The van der Waals surface area contributed by atoms with Gasteiger partial charge in [0, 0.05) is 18.3 Å². The molecule has 4 rings (SSSR count). The van der Waals surface area contributed by atoms with E-state index in [1.807, 2.05) is 18.3 Å². The number of nitrogens with one attached hydrogen (secondary N) is 1. The van der Waals surface area contributed by atoms with E-state index < -0.39 is 0 Å². The van der Waals surface area contributed by atoms with Crippen molar-refractivity contribution in [3.63, 3.8) is 0 Å². The Morgan fingerprint density at radius 2 is 2.17 bits per heavy atom. The maximum atomic E-state index is 12.1. The Morgan fingerprint density at radius 1 is 1.29 bits per heavy atom. The fraction of sp³-hybridized carbons (Fsp3) is 0.368. The molecule has 2 unspecified atom stereocenters. The van der Waals surface area contributed by atoms with E-state index in [0.29, 0.717) is 18.5 Å². The van der Waals surface area contributed by atoms with Gasteiger partial charge in [-0.1, -0.05) is 18.2 Å². The Hall–Kier alpha value is -2.40. The van der Waals surface area contributed by atoms with E-state index in [1.54, 1.807) is 0 Å². The molecule has 0 radical (unpaired) electrons. The van der Waals surface area contributed by atoms with Gasteiger partial charge in [-0.25, -0.2) is 4.98 Å². The van der Waals surface area contributed by atoms with Crippen LogP contribution in [-0.2, 0) is 16.0 Å². The summed E-state index contributed by atoms with van der Waals surface area (Å²) in [5.74, 6) is 0.465. The molecular formula is C19H21N3O2. The number of para-hydroxylation sites is 1. The Labute approximate surface area is 141 Å². The Balaban J connectivity index is 1.51. The van der Waals surface area contributed by atoms with Gasteiger partial charge >= 0.3 is 0 Å². The zero-order chi connectivity index (χ0) is 16.5. The van der Waals surface area contributed by atoms with Crippen LogP contribution in [0.25, 0.3) is 0 Å². The summed E-state index contributed by atoms with van der Waals surface area (Å²) < 4.78 is 5.40. The van der Waals surface area contributed by atoms with Crippen molar-refractivity contribution in [2.45, 2.75) is 38.3 Å². The first-order valence-electron chi connectivity index (χ1n) is 8.48. The van der Waals surface area contributed by atoms with Gasteiger partial charge in [-0.3, -0.25) is 4.79 Å². The number of carbonyl (C=O) groups is 1. The minimum atomic E-state index is -0.336. The third-order valence-electron chi connectivity index (χ3n) is 4.71. The zero-order valence-corrected chi connectivity index (χ0v) is 13.7. The van der Waals surface area contributed by atoms with Crippen molar-refractivity contribution in [1.29, 1.82) is 0 Å². The molecule has 1 N–H and O–H groups in total. The van der Waals surface area contributed by atoms with Gasteiger partial charge in [-0.15, -0.1) is 0 Å². The summed E-state index contributed by atoms with van der Waals surface area (Å²) in [6.45, 7) is 2.88. The number of ether oxygens (including phenoxy) is 1. The molecule has 2 atom stereocenters. The van der Waals surface area contributed by atoms with Gasteiger partial charge in [0.25, 0.3) is 5.91 Å². The molecule has 0 bridgehead atoms. The first-order chi connectivity index (χ1) is 11.7. The van der Waals surface area contributed by atoms with Crippen LogP contribution in [0.4, 0.5) is 17.2 Å². The lowest BCUT2D eigenvalue weighted by Crippen LogP contribution is -2.27. The molecule has 0 saturated carbocycles. The number of nitrogens with zero attached hydrogens (tertiary/aromatic N) is 2. The van der Waals surface area contributed by atoms with Crippen LogP contribution >= 0.6 is 0 Å². The number of rotatable bonds is 3. The van der Waals surface area contributed by atoms with E-state index in [4.69, 9.17) is 4.74 Å². The standard InChI is InChI=1S/C19H21N3O2/c1-13-11-14-5-2-3-6-16(14)22(13)15-8-9-18(20-12-15)21-19(23)17-7-4-10-24-17/h2-3,5-6,8-9,12-13,17H,4,7,10-11H2,1H3,(H,20,21,23). The molecule has 1 aromatic carbocycles. The van der Waals surface area contributed by atoms with Crippen LogP contribution in [0.5, 0.6) is 0 Å². The van der Waals surface area contributed by atoms with Gasteiger partial charge in [0.15, 0.2) is 0 Å². The van der Waals surface area contributed by atoms with Crippen molar-refractivity contribution >= 4 is 23.1 Å². The molecule has 5 nitrogen and oxygen atoms in total. The summed E-state index contributed by atoms with van der Waals surface area (Å²) in [5.41, 5.74) is 3.64. The largest absolute Gasteiger partial charge is 0.368 e. The van der Waals surface area contributed by atoms with Crippen LogP contribution in [0.15, 0.2) is 42.6 Å². The number of hydrogen-bond donors (Lipinski definition) is 1. The van der Waals surface area contributed by atoms with Gasteiger partial charge in [-0.2, -0.15) is 0 Å². The second kappa shape index (κ2) is 6.24. The van der Waals surface area contributed by atoms with Gasteiger partial charge in [0.1, 0.15) is 11.9 Å². The molecule has 1 amide bonds. The molecule has 124 valence electrons. The summed E-state index contributed by atoms with van der Waals surface area (Å²) in [7, 11) is 0. The lowest BCUT2D eigenvalue weighted by Gasteiger charge is -2.24. The summed E-state index contributed by atoms with van der Waals surface area (Å²) in [4.78, 5) is 18.8. The van der Waals surface area contributed by atoms with Crippen molar-refractivity contribution < 1.29 is 9.53 Å². The average molecular weight is 323 g/mol. The highest BCUT2D eigenvalue weighted by Gasteiger charge is 2.27. The van der Waals surface area contributed by atoms with Gasteiger partial charge in [0.05, 0.1) is 11.9 Å². The number of hydrogen-bond acceptors (Lipinski definition) is 4. The highest BCUT2D eigenvalue weighted by atomic mass is 16.5. The van der Waals surface area contributed by atoms with Gasteiger partial charge in [0.2, 0.25) is 0 Å². The molecule has 2 aliphatic heterocycles. The van der Waals surface area contributed by atoms with Crippen LogP contribution in [0.2, 0.25) is 0 Å². The smallest absolute Gasteiger partial charge is 0.254 e. The number of benzene rings is 1. The molecule has 3 heterocycles. The quantitative estimate of drug-likeness (QED) is 0.942. The van der Waals surface area contributed by atoms with Crippen molar-refractivity contribution in [3.8, 4) is 0 Å². The number of aromatic nitrogens is 1. The first-order valence-corrected chi connectivity index (χ1v) is 8.48. The molecule has 2 aliphatic rings. The molecule has 5 heteroatoms. The number of amides is 1. The molecule has 2 aromatic rings. The molecule has 1 saturated heterocycles. The van der Waals surface area contributed by atoms with E-state index in [-0.39, 0.29) is 12.0 Å². The van der Waals surface area contributed by atoms with E-state index >= 15 is 0 Å². The van der Waals surface area contributed by atoms with Crippen molar-refractivity contribution in [2.24, 2.45) is 0 Å². The van der Waals surface area contributed by atoms with Crippen LogP contribution in [0, 0.1) is 0 Å². The first kappa shape index (κ1) is 15.1. The van der Waals surface area contributed by atoms with E-state index in [9.17, 15) is 4.79 Å². The molecule has 0 spiro atoms. The predicted octanol–water partition coefficient (Wildman–Crippen LogP) is 3.28. The summed E-state index contributed by atoms with van der Waals surface area (Å²) >= 11 is 0. The third kappa shape index (κ3) is 2.76. The highest BCUT2D eigenvalue weighted by Crippen LogP contribution is 2.37.